The number of nitrogens with zero attached hydrogens (tertiary/aromatic N) is 5. The number of rotatable bonds is 4. The summed E-state index contributed by atoms with van der Waals surface area (Å²) in [7, 11) is 1.86. The van der Waals surface area contributed by atoms with Crippen molar-refractivity contribution in [3.8, 4) is 11.3 Å². The first-order chi connectivity index (χ1) is 11.3. The third-order valence-electron chi connectivity index (χ3n) is 3.59. The molecule has 114 valence electrons. The number of benzene rings is 1. The van der Waals surface area contributed by atoms with Crippen LogP contribution in [0.5, 0.6) is 0 Å². The SMILES string of the molecule is Cn1ncc2ncnc(NCc3cc(-c4ccccc4)no3)c21. The van der Waals surface area contributed by atoms with Crippen LogP contribution in [0.3, 0.4) is 0 Å². The molecule has 3 heterocycles. The molecular weight excluding hydrogens is 292 g/mol. The number of fused-ring (bicyclic) bond motifs is 1. The van der Waals surface area contributed by atoms with Gasteiger partial charge in [-0.15, -0.1) is 0 Å². The van der Waals surface area contributed by atoms with Gasteiger partial charge in [0.25, 0.3) is 0 Å². The molecule has 7 heteroatoms. The monoisotopic (exact) mass is 306 g/mol. The van der Waals surface area contributed by atoms with Gasteiger partial charge in [-0.3, -0.25) is 4.68 Å². The first-order valence-corrected chi connectivity index (χ1v) is 7.19. The molecule has 0 saturated heterocycles. The molecule has 3 aromatic heterocycles. The van der Waals surface area contributed by atoms with Gasteiger partial charge in [0, 0.05) is 18.7 Å². The summed E-state index contributed by atoms with van der Waals surface area (Å²) in [5.41, 5.74) is 3.50. The van der Waals surface area contributed by atoms with Crippen molar-refractivity contribution >= 4 is 16.9 Å². The maximum Gasteiger partial charge on any atom is 0.156 e. The Balaban J connectivity index is 1.55. The fraction of sp³-hybridized carbons (Fsp3) is 0.125. The maximum atomic E-state index is 5.39. The number of nitrogens with one attached hydrogen (secondary N) is 1. The van der Waals surface area contributed by atoms with Crippen LogP contribution in [-0.4, -0.2) is 24.9 Å². The third-order valence-corrected chi connectivity index (χ3v) is 3.59. The van der Waals surface area contributed by atoms with E-state index in [2.05, 4.69) is 25.5 Å². The van der Waals surface area contributed by atoms with Gasteiger partial charge < -0.3 is 9.84 Å². The first-order valence-electron chi connectivity index (χ1n) is 7.19. The van der Waals surface area contributed by atoms with Crippen LogP contribution in [0.1, 0.15) is 5.76 Å². The molecule has 0 unspecified atom stereocenters. The van der Waals surface area contributed by atoms with Gasteiger partial charge in [-0.05, 0) is 0 Å². The summed E-state index contributed by atoms with van der Waals surface area (Å²) in [5, 5.41) is 11.5. The average Bonchev–Trinajstić information content (AvgIpc) is 3.21. The molecule has 4 rings (SSSR count). The highest BCUT2D eigenvalue weighted by Crippen LogP contribution is 2.21. The summed E-state index contributed by atoms with van der Waals surface area (Å²) in [4.78, 5) is 8.47. The van der Waals surface area contributed by atoms with Gasteiger partial charge in [-0.1, -0.05) is 35.5 Å². The zero-order valence-corrected chi connectivity index (χ0v) is 12.5. The Hall–Kier alpha value is -3.22. The molecule has 0 atom stereocenters. The Morgan fingerprint density at radius 1 is 1.17 bits per heavy atom. The van der Waals surface area contributed by atoms with Crippen molar-refractivity contribution in [2.45, 2.75) is 6.54 Å². The van der Waals surface area contributed by atoms with E-state index in [0.29, 0.717) is 12.4 Å². The van der Waals surface area contributed by atoms with E-state index in [1.54, 1.807) is 10.9 Å². The van der Waals surface area contributed by atoms with Crippen LogP contribution in [0.15, 0.2) is 53.4 Å². The van der Waals surface area contributed by atoms with E-state index in [4.69, 9.17) is 4.52 Å². The number of aromatic nitrogens is 5. The van der Waals surface area contributed by atoms with Crippen LogP contribution < -0.4 is 5.32 Å². The molecule has 0 amide bonds. The fourth-order valence-electron chi connectivity index (χ4n) is 2.45. The van der Waals surface area contributed by atoms with Gasteiger partial charge in [0.05, 0.1) is 12.7 Å². The number of hydrogen-bond acceptors (Lipinski definition) is 6. The van der Waals surface area contributed by atoms with Crippen molar-refractivity contribution in [1.29, 1.82) is 0 Å². The van der Waals surface area contributed by atoms with E-state index >= 15 is 0 Å². The van der Waals surface area contributed by atoms with E-state index in [-0.39, 0.29) is 0 Å². The molecule has 7 nitrogen and oxygen atoms in total. The lowest BCUT2D eigenvalue weighted by Gasteiger charge is -2.04. The van der Waals surface area contributed by atoms with Gasteiger partial charge in [0.15, 0.2) is 11.6 Å². The summed E-state index contributed by atoms with van der Waals surface area (Å²) in [6.07, 6.45) is 3.23. The zero-order valence-electron chi connectivity index (χ0n) is 12.5. The predicted molar refractivity (Wildman–Crippen MR) is 85.6 cm³/mol. The Bertz CT molecular complexity index is 944. The molecule has 0 spiro atoms. The quantitative estimate of drug-likeness (QED) is 0.624. The minimum atomic E-state index is 0.483. The summed E-state index contributed by atoms with van der Waals surface area (Å²) in [6, 6.07) is 11.8. The molecule has 1 aromatic carbocycles. The molecule has 1 N–H and O–H groups in total. The van der Waals surface area contributed by atoms with E-state index in [1.165, 1.54) is 6.33 Å². The van der Waals surface area contributed by atoms with Gasteiger partial charge in [-0.2, -0.15) is 5.10 Å². The fourth-order valence-corrected chi connectivity index (χ4v) is 2.45. The Morgan fingerprint density at radius 3 is 2.91 bits per heavy atom. The second-order valence-electron chi connectivity index (χ2n) is 5.12. The standard InChI is InChI=1S/C16H14N6O/c1-22-15-14(9-20-22)18-10-19-16(15)17-8-12-7-13(21-23-12)11-5-3-2-4-6-11/h2-7,9-10H,8H2,1H3,(H,17,18,19). The Kier molecular flexibility index (Phi) is 3.23. The summed E-state index contributed by atoms with van der Waals surface area (Å²) >= 11 is 0. The number of aryl methyl sites for hydroxylation is 1. The molecule has 0 fully saturated rings. The van der Waals surface area contributed by atoms with Gasteiger partial charge in [0.1, 0.15) is 23.1 Å². The highest BCUT2D eigenvalue weighted by Gasteiger charge is 2.10. The topological polar surface area (TPSA) is 81.7 Å². The second kappa shape index (κ2) is 5.53. The van der Waals surface area contributed by atoms with Crippen molar-refractivity contribution in [2.24, 2.45) is 7.05 Å². The predicted octanol–water partition coefficient (Wildman–Crippen LogP) is 2.63. The van der Waals surface area contributed by atoms with E-state index < -0.39 is 0 Å². The average molecular weight is 306 g/mol. The molecule has 0 radical (unpaired) electrons. The molecule has 0 aliphatic heterocycles. The molecule has 0 aliphatic rings. The van der Waals surface area contributed by atoms with Gasteiger partial charge >= 0.3 is 0 Å². The number of anilines is 1. The van der Waals surface area contributed by atoms with E-state index in [0.717, 1.165) is 28.1 Å². The van der Waals surface area contributed by atoms with Crippen LogP contribution in [0, 0.1) is 0 Å². The summed E-state index contributed by atoms with van der Waals surface area (Å²) < 4.78 is 7.13. The Labute approximate surface area is 132 Å². The normalized spacial score (nSPS) is 11.0. The smallest absolute Gasteiger partial charge is 0.156 e. The second-order valence-corrected chi connectivity index (χ2v) is 5.12. The van der Waals surface area contributed by atoms with Crippen LogP contribution >= 0.6 is 0 Å². The van der Waals surface area contributed by atoms with Crippen molar-refractivity contribution in [1.82, 2.24) is 24.9 Å². The lowest BCUT2D eigenvalue weighted by atomic mass is 10.1. The third kappa shape index (κ3) is 2.52. The Morgan fingerprint density at radius 2 is 2.04 bits per heavy atom. The highest BCUT2D eigenvalue weighted by atomic mass is 16.5. The minimum absolute atomic E-state index is 0.483. The summed E-state index contributed by atoms with van der Waals surface area (Å²) in [5.74, 6) is 1.45. The number of hydrogen-bond donors (Lipinski definition) is 1. The van der Waals surface area contributed by atoms with Crippen molar-refractivity contribution in [2.75, 3.05) is 5.32 Å². The lowest BCUT2D eigenvalue weighted by Crippen LogP contribution is -2.03. The molecule has 0 bridgehead atoms. The van der Waals surface area contributed by atoms with Gasteiger partial charge in [-0.25, -0.2) is 9.97 Å². The van der Waals surface area contributed by atoms with Gasteiger partial charge in [0.2, 0.25) is 0 Å². The summed E-state index contributed by atoms with van der Waals surface area (Å²) in [6.45, 7) is 0.483. The maximum absolute atomic E-state index is 5.39. The van der Waals surface area contributed by atoms with E-state index in [1.807, 2.05) is 43.4 Å². The van der Waals surface area contributed by atoms with Crippen molar-refractivity contribution < 1.29 is 4.52 Å². The van der Waals surface area contributed by atoms with Crippen molar-refractivity contribution in [3.05, 3.63) is 54.7 Å². The van der Waals surface area contributed by atoms with Crippen LogP contribution in [0.25, 0.3) is 22.3 Å². The molecule has 4 aromatic rings. The lowest BCUT2D eigenvalue weighted by molar-refractivity contribution is 0.390. The van der Waals surface area contributed by atoms with Crippen LogP contribution in [0.4, 0.5) is 5.82 Å². The van der Waals surface area contributed by atoms with Crippen molar-refractivity contribution in [3.63, 3.8) is 0 Å². The molecular formula is C16H14N6O. The largest absolute Gasteiger partial charge is 0.361 e. The first kappa shape index (κ1) is 13.4. The highest BCUT2D eigenvalue weighted by molar-refractivity contribution is 5.84. The molecule has 0 aliphatic carbocycles. The molecule has 0 saturated carbocycles. The van der Waals surface area contributed by atoms with E-state index in [9.17, 15) is 0 Å². The minimum Gasteiger partial charge on any atom is -0.361 e. The van der Waals surface area contributed by atoms with Crippen LogP contribution in [0.2, 0.25) is 0 Å². The zero-order chi connectivity index (χ0) is 15.6. The van der Waals surface area contributed by atoms with Crippen LogP contribution in [-0.2, 0) is 13.6 Å². The molecule has 23 heavy (non-hydrogen) atoms.